The molecule has 1 fully saturated rings. The summed E-state index contributed by atoms with van der Waals surface area (Å²) in [6.45, 7) is 2.10. The molecule has 2 atom stereocenters. The van der Waals surface area contributed by atoms with Gasteiger partial charge in [0.25, 0.3) is 5.91 Å². The van der Waals surface area contributed by atoms with Crippen LogP contribution in [0.4, 0.5) is 5.69 Å². The fraction of sp³-hybridized carbons (Fsp3) is 0.333. The maximum Gasteiger partial charge on any atom is 0.262 e. The van der Waals surface area contributed by atoms with Gasteiger partial charge in [-0.1, -0.05) is 6.08 Å². The Morgan fingerprint density at radius 2 is 2.28 bits per heavy atom. The van der Waals surface area contributed by atoms with E-state index in [1.54, 1.807) is 0 Å². The lowest BCUT2D eigenvalue weighted by Gasteiger charge is -2.18. The highest BCUT2D eigenvalue weighted by molar-refractivity contribution is 5.96. The van der Waals surface area contributed by atoms with Gasteiger partial charge in [0.05, 0.1) is 11.4 Å². The van der Waals surface area contributed by atoms with E-state index in [-0.39, 0.29) is 13.9 Å². The molecule has 5 rings (SSSR count). The average Bonchev–Trinajstić information content (AvgIpc) is 3.22. The molecule has 3 aliphatic rings. The van der Waals surface area contributed by atoms with Crippen LogP contribution in [0.15, 0.2) is 35.0 Å². The number of ether oxygens (including phenoxy) is 1. The molecule has 1 aromatic heterocycles. The summed E-state index contributed by atoms with van der Waals surface area (Å²) in [7, 11) is 0. The van der Waals surface area contributed by atoms with Crippen LogP contribution in [0.5, 0.6) is 5.75 Å². The molecule has 0 saturated heterocycles. The van der Waals surface area contributed by atoms with Gasteiger partial charge in [-0.2, -0.15) is 15.4 Å². The van der Waals surface area contributed by atoms with Gasteiger partial charge in [0, 0.05) is 30.7 Å². The van der Waals surface area contributed by atoms with E-state index in [4.69, 9.17) is 9.73 Å². The molecular weight excluding hydrogens is 318 g/mol. The fourth-order valence-corrected chi connectivity index (χ4v) is 3.62. The molecule has 0 radical (unpaired) electrons. The van der Waals surface area contributed by atoms with Crippen molar-refractivity contribution < 1.29 is 11.0 Å². The first-order valence-electron chi connectivity index (χ1n) is 8.40. The first-order chi connectivity index (χ1) is 12.2. The second-order valence-electron chi connectivity index (χ2n) is 6.76. The molecule has 1 aliphatic carbocycles. The quantitative estimate of drug-likeness (QED) is 0.900. The summed E-state index contributed by atoms with van der Waals surface area (Å²) in [6, 6.07) is 5.66. The first-order valence-corrected chi connectivity index (χ1v) is 8.40. The molecule has 25 heavy (non-hydrogen) atoms. The van der Waals surface area contributed by atoms with Crippen molar-refractivity contribution in [1.82, 2.24) is 15.4 Å². The van der Waals surface area contributed by atoms with Crippen molar-refractivity contribution in [2.45, 2.75) is 19.8 Å². The van der Waals surface area contributed by atoms with Crippen LogP contribution in [-0.4, -0.2) is 33.6 Å². The van der Waals surface area contributed by atoms with Crippen LogP contribution in [0, 0.1) is 11.8 Å². The molecule has 1 saturated carbocycles. The molecule has 1 aromatic carbocycles. The zero-order valence-electron chi connectivity index (χ0n) is 13.7. The topological polar surface area (TPSA) is 92.3 Å². The monoisotopic (exact) mass is 337 g/mol. The molecule has 1 amide bonds. The van der Waals surface area contributed by atoms with Crippen molar-refractivity contribution in [2.75, 3.05) is 11.9 Å². The third-order valence-electron chi connectivity index (χ3n) is 4.90. The molecule has 2 aliphatic heterocycles. The van der Waals surface area contributed by atoms with Crippen LogP contribution in [0.3, 0.4) is 0 Å². The van der Waals surface area contributed by atoms with E-state index in [9.17, 15) is 4.79 Å². The number of amides is 1. The minimum Gasteiger partial charge on any atom is -0.482 e. The Kier molecular flexibility index (Phi) is 3.03. The number of allylic oxidation sites excluding steroid dienone is 2. The van der Waals surface area contributed by atoms with Crippen molar-refractivity contribution in [3.8, 4) is 17.0 Å². The predicted octanol–water partition coefficient (Wildman–Crippen LogP) is 2.59. The summed E-state index contributed by atoms with van der Waals surface area (Å²) >= 11 is 0. The number of nitrogens with zero attached hydrogens (tertiary/aromatic N) is 3. The standard InChI is InChI=1S/C18H17N5O2.H2/c1-9-4-11-5-12(11)13(19-9)7-15-18(22-23-21-15)10-2-3-16-14(6-10)20-17(24)8-25-16;/h2-4,6,11-12H,5,7-8H2,1H3,(H,20,24)(H,21,22,23);1H. The van der Waals surface area contributed by atoms with Gasteiger partial charge >= 0.3 is 0 Å². The van der Waals surface area contributed by atoms with Crippen LogP contribution in [0.2, 0.25) is 0 Å². The van der Waals surface area contributed by atoms with Crippen molar-refractivity contribution >= 4 is 17.3 Å². The van der Waals surface area contributed by atoms with Crippen LogP contribution < -0.4 is 10.1 Å². The SMILES string of the molecule is CC1=CC2CC2C(Cc2n[nH]nc2-c2ccc3c(c2)NC(=O)CO3)=N1.[HH]. The van der Waals surface area contributed by atoms with Gasteiger partial charge in [0.15, 0.2) is 6.61 Å². The van der Waals surface area contributed by atoms with Crippen LogP contribution in [0.25, 0.3) is 11.3 Å². The summed E-state index contributed by atoms with van der Waals surface area (Å²) in [5.41, 5.74) is 5.50. The fourth-order valence-electron chi connectivity index (χ4n) is 3.62. The Labute approximate surface area is 145 Å². The highest BCUT2D eigenvalue weighted by Gasteiger charge is 2.41. The van der Waals surface area contributed by atoms with Gasteiger partial charge in [0.1, 0.15) is 11.4 Å². The molecule has 7 nitrogen and oxygen atoms in total. The smallest absolute Gasteiger partial charge is 0.262 e. The number of anilines is 1. The molecule has 7 heteroatoms. The van der Waals surface area contributed by atoms with Gasteiger partial charge in [-0.15, -0.1) is 0 Å². The number of carbonyl (C=O) groups is 1. The lowest BCUT2D eigenvalue weighted by atomic mass is 10.0. The number of H-pyrrole nitrogens is 1. The van der Waals surface area contributed by atoms with Crippen LogP contribution >= 0.6 is 0 Å². The van der Waals surface area contributed by atoms with Gasteiger partial charge < -0.3 is 10.1 Å². The third-order valence-corrected chi connectivity index (χ3v) is 4.90. The van der Waals surface area contributed by atoms with E-state index in [2.05, 4.69) is 26.8 Å². The molecule has 0 bridgehead atoms. The maximum absolute atomic E-state index is 11.5. The van der Waals surface area contributed by atoms with E-state index < -0.39 is 0 Å². The number of nitrogens with one attached hydrogen (secondary N) is 2. The zero-order chi connectivity index (χ0) is 17.0. The minimum atomic E-state index is -0.149. The van der Waals surface area contributed by atoms with E-state index in [1.807, 2.05) is 25.1 Å². The number of benzene rings is 1. The number of hydrogen-bond acceptors (Lipinski definition) is 5. The van der Waals surface area contributed by atoms with Crippen molar-refractivity contribution in [3.63, 3.8) is 0 Å². The van der Waals surface area contributed by atoms with E-state index >= 15 is 0 Å². The van der Waals surface area contributed by atoms with Crippen molar-refractivity contribution in [3.05, 3.63) is 35.7 Å². The van der Waals surface area contributed by atoms with Crippen molar-refractivity contribution in [2.24, 2.45) is 16.8 Å². The molecule has 2 aromatic rings. The Morgan fingerprint density at radius 3 is 3.20 bits per heavy atom. The number of hydrogen-bond donors (Lipinski definition) is 2. The lowest BCUT2D eigenvalue weighted by molar-refractivity contribution is -0.118. The second-order valence-corrected chi connectivity index (χ2v) is 6.76. The number of aliphatic imine (C=N–C) groups is 1. The average molecular weight is 337 g/mol. The number of carbonyl (C=O) groups excluding carboxylic acids is 1. The number of rotatable bonds is 3. The highest BCUT2D eigenvalue weighted by Crippen LogP contribution is 2.45. The molecule has 3 heterocycles. The summed E-state index contributed by atoms with van der Waals surface area (Å²) in [6.07, 6.45) is 4.13. The Morgan fingerprint density at radius 1 is 1.36 bits per heavy atom. The molecule has 128 valence electrons. The third kappa shape index (κ3) is 2.52. The summed E-state index contributed by atoms with van der Waals surface area (Å²) in [4.78, 5) is 16.2. The van der Waals surface area contributed by atoms with E-state index in [1.165, 1.54) is 12.1 Å². The van der Waals surface area contributed by atoms with Gasteiger partial charge in [-0.05, 0) is 37.5 Å². The molecule has 2 N–H and O–H groups in total. The number of aromatic amines is 1. The Bertz CT molecular complexity index is 949. The second kappa shape index (κ2) is 5.27. The minimum absolute atomic E-state index is 0. The highest BCUT2D eigenvalue weighted by atomic mass is 16.5. The molecule has 0 spiro atoms. The molecule has 2 unspecified atom stereocenters. The van der Waals surface area contributed by atoms with Crippen molar-refractivity contribution in [1.29, 1.82) is 0 Å². The predicted molar refractivity (Wildman–Crippen MR) is 94.6 cm³/mol. The Hall–Kier alpha value is -2.96. The Balaban J connectivity index is 0.00000168. The number of aromatic nitrogens is 3. The summed E-state index contributed by atoms with van der Waals surface area (Å²) in [5.74, 6) is 1.73. The largest absolute Gasteiger partial charge is 0.482 e. The van der Waals surface area contributed by atoms with E-state index in [0.29, 0.717) is 29.7 Å². The first kappa shape index (κ1) is 14.4. The van der Waals surface area contributed by atoms with Gasteiger partial charge in [-0.25, -0.2) is 0 Å². The number of fused-ring (bicyclic) bond motifs is 2. The van der Waals surface area contributed by atoms with Crippen LogP contribution in [-0.2, 0) is 11.2 Å². The molecular formula is C18H19N5O2. The van der Waals surface area contributed by atoms with E-state index in [0.717, 1.165) is 22.6 Å². The van der Waals surface area contributed by atoms with Crippen LogP contribution in [0.1, 0.15) is 20.5 Å². The zero-order valence-corrected chi connectivity index (χ0v) is 13.7. The lowest BCUT2D eigenvalue weighted by Crippen LogP contribution is -2.25. The maximum atomic E-state index is 11.5. The summed E-state index contributed by atoms with van der Waals surface area (Å²) < 4.78 is 5.41. The normalized spacial score (nSPS) is 23.6. The van der Waals surface area contributed by atoms with Gasteiger partial charge in [-0.3, -0.25) is 9.79 Å². The summed E-state index contributed by atoms with van der Waals surface area (Å²) in [5, 5.41) is 14.2. The van der Waals surface area contributed by atoms with Gasteiger partial charge in [0.2, 0.25) is 0 Å².